The lowest BCUT2D eigenvalue weighted by Crippen LogP contribution is -2.48. The van der Waals surface area contributed by atoms with Gasteiger partial charge in [0, 0.05) is 34.5 Å². The zero-order valence-electron chi connectivity index (χ0n) is 22.6. The second-order valence-corrected chi connectivity index (χ2v) is 12.0. The van der Waals surface area contributed by atoms with Crippen LogP contribution < -0.4 is 0 Å². The van der Waals surface area contributed by atoms with E-state index in [0.717, 1.165) is 10.2 Å². The van der Waals surface area contributed by atoms with Crippen molar-refractivity contribution in [3.8, 4) is 0 Å². The third kappa shape index (κ3) is 7.01. The van der Waals surface area contributed by atoms with Gasteiger partial charge in [0.1, 0.15) is 18.0 Å². The first-order valence-corrected chi connectivity index (χ1v) is 13.6. The Bertz CT molecular complexity index is 1360. The SMILES string of the molecule is CC(OCC1(c2ccc(F)cc2)CCN(C(=O)OC(C)(C)C)CC1)c1cc(Cl)cc2c(Cl)nn(CC(F)(F)F)c12. The number of likely N-dealkylation sites (tertiary alicyclic amines) is 1. The number of rotatable bonds is 6. The van der Waals surface area contributed by atoms with Gasteiger partial charge in [-0.2, -0.15) is 18.3 Å². The van der Waals surface area contributed by atoms with Crippen LogP contribution in [0.1, 0.15) is 57.8 Å². The maximum absolute atomic E-state index is 13.8. The summed E-state index contributed by atoms with van der Waals surface area (Å²) in [6, 6.07) is 9.17. The molecule has 0 N–H and O–H groups in total. The van der Waals surface area contributed by atoms with E-state index in [1.165, 1.54) is 18.2 Å². The first-order valence-electron chi connectivity index (χ1n) is 12.8. The number of hydrogen-bond donors (Lipinski definition) is 0. The van der Waals surface area contributed by atoms with E-state index in [1.807, 2.05) is 0 Å². The molecule has 2 heterocycles. The van der Waals surface area contributed by atoms with Crippen LogP contribution in [0.2, 0.25) is 10.2 Å². The topological polar surface area (TPSA) is 56.6 Å². The normalized spacial score (nSPS) is 16.8. The fourth-order valence-electron chi connectivity index (χ4n) is 5.01. The molecule has 1 unspecified atom stereocenters. The largest absolute Gasteiger partial charge is 0.444 e. The van der Waals surface area contributed by atoms with Crippen LogP contribution in [0.3, 0.4) is 0 Å². The highest BCUT2D eigenvalue weighted by atomic mass is 35.5. The molecule has 218 valence electrons. The van der Waals surface area contributed by atoms with Crippen LogP contribution in [-0.2, 0) is 21.4 Å². The van der Waals surface area contributed by atoms with Gasteiger partial charge in [-0.05, 0) is 70.4 Å². The predicted molar refractivity (Wildman–Crippen MR) is 145 cm³/mol. The molecule has 12 heteroatoms. The second-order valence-electron chi connectivity index (χ2n) is 11.2. The minimum atomic E-state index is -4.52. The molecule has 4 rings (SSSR count). The Labute approximate surface area is 240 Å². The van der Waals surface area contributed by atoms with Gasteiger partial charge in [0.25, 0.3) is 0 Å². The summed E-state index contributed by atoms with van der Waals surface area (Å²) in [5.41, 5.74) is 0.222. The van der Waals surface area contributed by atoms with Crippen molar-refractivity contribution < 1.29 is 31.8 Å². The zero-order valence-corrected chi connectivity index (χ0v) is 24.1. The molecule has 2 aromatic carbocycles. The molecule has 1 atom stereocenters. The molecule has 0 bridgehead atoms. The lowest BCUT2D eigenvalue weighted by atomic mass is 9.73. The summed E-state index contributed by atoms with van der Waals surface area (Å²) in [5, 5.41) is 4.38. The molecule has 1 fully saturated rings. The molecule has 6 nitrogen and oxygen atoms in total. The molecule has 0 spiro atoms. The highest BCUT2D eigenvalue weighted by Gasteiger charge is 2.40. The summed E-state index contributed by atoms with van der Waals surface area (Å²) in [5.74, 6) is -0.379. The number of piperidine rings is 1. The average molecular weight is 604 g/mol. The molecular weight excluding hydrogens is 573 g/mol. The predicted octanol–water partition coefficient (Wildman–Crippen LogP) is 8.09. The van der Waals surface area contributed by atoms with Crippen molar-refractivity contribution in [3.63, 3.8) is 0 Å². The number of hydrogen-bond acceptors (Lipinski definition) is 4. The van der Waals surface area contributed by atoms with Crippen molar-refractivity contribution in [3.05, 3.63) is 63.5 Å². The fraction of sp³-hybridized carbons (Fsp3) is 0.500. The summed E-state index contributed by atoms with van der Waals surface area (Å²) in [7, 11) is 0. The number of carbonyl (C=O) groups excluding carboxylic acids is 1. The van der Waals surface area contributed by atoms with Gasteiger partial charge in [-0.1, -0.05) is 35.3 Å². The number of alkyl halides is 3. The minimum absolute atomic E-state index is 0.0903. The number of benzene rings is 2. The number of ether oxygens (including phenoxy) is 2. The van der Waals surface area contributed by atoms with E-state index in [9.17, 15) is 22.4 Å². The van der Waals surface area contributed by atoms with Gasteiger partial charge in [0.2, 0.25) is 0 Å². The molecule has 3 aromatic rings. The molecule has 0 radical (unpaired) electrons. The van der Waals surface area contributed by atoms with Crippen molar-refractivity contribution in [2.24, 2.45) is 0 Å². The van der Waals surface area contributed by atoms with E-state index < -0.39 is 35.9 Å². The molecular formula is C28H31Cl2F4N3O3. The second kappa shape index (κ2) is 11.4. The van der Waals surface area contributed by atoms with Crippen LogP contribution >= 0.6 is 23.2 Å². The van der Waals surface area contributed by atoms with Crippen molar-refractivity contribution in [1.29, 1.82) is 0 Å². The van der Waals surface area contributed by atoms with Gasteiger partial charge >= 0.3 is 12.3 Å². The van der Waals surface area contributed by atoms with Crippen molar-refractivity contribution in [2.75, 3.05) is 19.7 Å². The van der Waals surface area contributed by atoms with Gasteiger partial charge in [0.05, 0.1) is 18.2 Å². The van der Waals surface area contributed by atoms with Crippen LogP contribution in [-0.4, -0.2) is 52.2 Å². The Morgan fingerprint density at radius 1 is 1.10 bits per heavy atom. The van der Waals surface area contributed by atoms with E-state index in [-0.39, 0.29) is 28.1 Å². The number of halogens is 6. The Hall–Kier alpha value is -2.56. The summed E-state index contributed by atoms with van der Waals surface area (Å²) in [4.78, 5) is 14.3. The minimum Gasteiger partial charge on any atom is -0.444 e. The van der Waals surface area contributed by atoms with Crippen LogP contribution in [0, 0.1) is 5.82 Å². The van der Waals surface area contributed by atoms with Crippen molar-refractivity contribution in [1.82, 2.24) is 14.7 Å². The Balaban J connectivity index is 1.61. The molecule has 0 saturated carbocycles. The van der Waals surface area contributed by atoms with Gasteiger partial charge in [-0.25, -0.2) is 9.18 Å². The molecule has 40 heavy (non-hydrogen) atoms. The van der Waals surface area contributed by atoms with Gasteiger partial charge in [-0.15, -0.1) is 0 Å². The quantitative estimate of drug-likeness (QED) is 0.267. The highest BCUT2D eigenvalue weighted by Crippen LogP contribution is 2.40. The molecule has 1 aliphatic rings. The van der Waals surface area contributed by atoms with E-state index in [0.29, 0.717) is 36.9 Å². The first-order chi connectivity index (χ1) is 18.6. The number of aromatic nitrogens is 2. The lowest BCUT2D eigenvalue weighted by molar-refractivity contribution is -0.141. The first kappa shape index (κ1) is 30.4. The number of amides is 1. The lowest BCUT2D eigenvalue weighted by Gasteiger charge is -2.42. The molecule has 1 saturated heterocycles. The number of fused-ring (bicyclic) bond motifs is 1. The van der Waals surface area contributed by atoms with E-state index >= 15 is 0 Å². The Morgan fingerprint density at radius 3 is 2.30 bits per heavy atom. The summed E-state index contributed by atoms with van der Waals surface area (Å²) in [6.07, 6.45) is -4.61. The van der Waals surface area contributed by atoms with Crippen LogP contribution in [0.4, 0.5) is 22.4 Å². The Morgan fingerprint density at radius 2 is 1.73 bits per heavy atom. The molecule has 0 aliphatic carbocycles. The number of carbonyl (C=O) groups is 1. The molecule has 1 aliphatic heterocycles. The van der Waals surface area contributed by atoms with Crippen LogP contribution in [0.15, 0.2) is 36.4 Å². The van der Waals surface area contributed by atoms with Crippen LogP contribution in [0.25, 0.3) is 10.9 Å². The standard InChI is InChI=1S/C28H31Cl2F4N3O3/c1-17(21-13-19(29)14-22-23(21)37(35-24(22)30)15-28(32,33)34)39-16-27(18-5-7-20(31)8-6-18)9-11-36(12-10-27)25(38)40-26(2,3)4/h5-8,13-14,17H,9-12,15-16H2,1-4H3. The highest BCUT2D eigenvalue weighted by molar-refractivity contribution is 6.36. The van der Waals surface area contributed by atoms with Gasteiger partial charge in [0.15, 0.2) is 5.15 Å². The third-order valence-electron chi connectivity index (χ3n) is 7.00. The van der Waals surface area contributed by atoms with E-state index in [2.05, 4.69) is 5.10 Å². The molecule has 1 amide bonds. The van der Waals surface area contributed by atoms with E-state index in [1.54, 1.807) is 50.8 Å². The average Bonchev–Trinajstić information content (AvgIpc) is 3.14. The maximum atomic E-state index is 13.8. The summed E-state index contributed by atoms with van der Waals surface area (Å²) in [6.45, 7) is 6.74. The molecule has 1 aromatic heterocycles. The zero-order chi connectivity index (χ0) is 29.5. The van der Waals surface area contributed by atoms with Crippen molar-refractivity contribution in [2.45, 2.75) is 70.4 Å². The third-order valence-corrected chi connectivity index (χ3v) is 7.50. The summed E-state index contributed by atoms with van der Waals surface area (Å²) < 4.78 is 66.3. The van der Waals surface area contributed by atoms with Crippen LogP contribution in [0.5, 0.6) is 0 Å². The monoisotopic (exact) mass is 603 g/mol. The Kier molecular flexibility index (Phi) is 8.64. The number of nitrogens with zero attached hydrogens (tertiary/aromatic N) is 3. The fourth-order valence-corrected chi connectivity index (χ4v) is 5.47. The van der Waals surface area contributed by atoms with Gasteiger partial charge < -0.3 is 14.4 Å². The van der Waals surface area contributed by atoms with E-state index in [4.69, 9.17) is 32.7 Å². The smallest absolute Gasteiger partial charge is 0.410 e. The summed E-state index contributed by atoms with van der Waals surface area (Å²) >= 11 is 12.5. The van der Waals surface area contributed by atoms with Crippen molar-refractivity contribution >= 4 is 40.2 Å². The maximum Gasteiger partial charge on any atom is 0.410 e. The van der Waals surface area contributed by atoms with Gasteiger partial charge in [-0.3, -0.25) is 4.68 Å².